The van der Waals surface area contributed by atoms with E-state index in [1.54, 1.807) is 0 Å². The van der Waals surface area contributed by atoms with E-state index in [0.29, 0.717) is 12.8 Å². The third-order valence-corrected chi connectivity index (χ3v) is 9.95. The molecule has 0 rings (SSSR count). The summed E-state index contributed by atoms with van der Waals surface area (Å²) in [6.07, 6.45) is 53.7. The summed E-state index contributed by atoms with van der Waals surface area (Å²) in [5.41, 5.74) is 0. The average molecular weight is 731 g/mol. The number of rotatable bonds is 41. The molecule has 1 atom stereocenters. The van der Waals surface area contributed by atoms with Gasteiger partial charge in [0, 0.05) is 12.8 Å². The Kier molecular flexibility index (Phi) is 42.0. The van der Waals surface area contributed by atoms with Gasteiger partial charge < -0.3 is 14.6 Å². The van der Waals surface area contributed by atoms with Crippen LogP contribution in [0.5, 0.6) is 0 Å². The van der Waals surface area contributed by atoms with Crippen LogP contribution in [0, 0.1) is 0 Å². The SMILES string of the molecule is CC/C=C/C/C=C/C/C=C/CCCCCCCC(=O)O[C@@H](CO)COC(=O)CCCCCCCCCCCCCCCCCCCCCCCCC. The van der Waals surface area contributed by atoms with Gasteiger partial charge in [-0.25, -0.2) is 0 Å². The molecule has 0 amide bonds. The third kappa shape index (κ3) is 40.9. The molecule has 0 fully saturated rings. The first kappa shape index (κ1) is 50.1. The van der Waals surface area contributed by atoms with E-state index in [4.69, 9.17) is 9.47 Å². The first-order chi connectivity index (χ1) is 25.6. The topological polar surface area (TPSA) is 72.8 Å². The van der Waals surface area contributed by atoms with Crippen LogP contribution in [0.3, 0.4) is 0 Å². The van der Waals surface area contributed by atoms with Crippen molar-refractivity contribution < 1.29 is 24.2 Å². The van der Waals surface area contributed by atoms with Gasteiger partial charge >= 0.3 is 11.9 Å². The Labute approximate surface area is 323 Å². The van der Waals surface area contributed by atoms with E-state index in [9.17, 15) is 14.7 Å². The molecule has 5 heteroatoms. The number of carbonyl (C=O) groups is 2. The van der Waals surface area contributed by atoms with E-state index in [2.05, 4.69) is 50.3 Å². The summed E-state index contributed by atoms with van der Waals surface area (Å²) in [5.74, 6) is -0.602. The molecule has 52 heavy (non-hydrogen) atoms. The van der Waals surface area contributed by atoms with Crippen molar-refractivity contribution in [2.75, 3.05) is 13.2 Å². The Bertz CT molecular complexity index is 832. The molecule has 304 valence electrons. The lowest BCUT2D eigenvalue weighted by Crippen LogP contribution is -2.28. The summed E-state index contributed by atoms with van der Waals surface area (Å²) < 4.78 is 10.6. The van der Waals surface area contributed by atoms with Gasteiger partial charge in [0.1, 0.15) is 6.61 Å². The van der Waals surface area contributed by atoms with Crippen LogP contribution < -0.4 is 0 Å². The number of esters is 2. The molecule has 0 bridgehead atoms. The van der Waals surface area contributed by atoms with Crippen LogP contribution in [0.15, 0.2) is 36.5 Å². The molecule has 0 aromatic heterocycles. The monoisotopic (exact) mass is 731 g/mol. The molecule has 0 aromatic carbocycles. The van der Waals surface area contributed by atoms with Crippen LogP contribution in [-0.2, 0) is 19.1 Å². The van der Waals surface area contributed by atoms with Crippen molar-refractivity contribution in [3.8, 4) is 0 Å². The lowest BCUT2D eigenvalue weighted by Gasteiger charge is -2.15. The maximum atomic E-state index is 12.2. The Hall–Kier alpha value is -1.88. The number of aliphatic hydroxyl groups excluding tert-OH is 1. The van der Waals surface area contributed by atoms with E-state index in [1.165, 1.54) is 135 Å². The van der Waals surface area contributed by atoms with E-state index in [1.807, 2.05) is 0 Å². The maximum absolute atomic E-state index is 12.2. The van der Waals surface area contributed by atoms with Crippen LogP contribution >= 0.6 is 0 Å². The van der Waals surface area contributed by atoms with Crippen LogP contribution in [0.25, 0.3) is 0 Å². The number of ether oxygens (including phenoxy) is 2. The molecule has 0 heterocycles. The van der Waals surface area contributed by atoms with E-state index >= 15 is 0 Å². The second-order valence-electron chi connectivity index (χ2n) is 15.1. The Morgan fingerprint density at radius 1 is 0.462 bits per heavy atom. The van der Waals surface area contributed by atoms with Crippen molar-refractivity contribution in [2.24, 2.45) is 0 Å². The molecule has 0 aliphatic carbocycles. The number of unbranched alkanes of at least 4 members (excludes halogenated alkanes) is 27. The molecule has 0 unspecified atom stereocenters. The second kappa shape index (κ2) is 43.5. The highest BCUT2D eigenvalue weighted by Gasteiger charge is 2.16. The van der Waals surface area contributed by atoms with E-state index in [0.717, 1.165) is 70.6 Å². The van der Waals surface area contributed by atoms with Crippen molar-refractivity contribution >= 4 is 11.9 Å². The van der Waals surface area contributed by atoms with Gasteiger partial charge in [-0.2, -0.15) is 0 Å². The molecule has 0 spiro atoms. The summed E-state index contributed by atoms with van der Waals surface area (Å²) in [4.78, 5) is 24.3. The normalized spacial score (nSPS) is 12.4. The highest BCUT2D eigenvalue weighted by atomic mass is 16.6. The minimum absolute atomic E-state index is 0.0698. The molecule has 5 nitrogen and oxygen atoms in total. The first-order valence-electron chi connectivity index (χ1n) is 22.5. The van der Waals surface area contributed by atoms with Crippen molar-refractivity contribution in [1.82, 2.24) is 0 Å². The van der Waals surface area contributed by atoms with Crippen molar-refractivity contribution in [1.29, 1.82) is 0 Å². The summed E-state index contributed by atoms with van der Waals surface area (Å²) in [6, 6.07) is 0. The lowest BCUT2D eigenvalue weighted by molar-refractivity contribution is -0.161. The number of allylic oxidation sites excluding steroid dienone is 6. The van der Waals surface area contributed by atoms with Gasteiger partial charge in [0.05, 0.1) is 6.61 Å². The second-order valence-corrected chi connectivity index (χ2v) is 15.1. The summed E-state index contributed by atoms with van der Waals surface area (Å²) in [5, 5.41) is 9.58. The highest BCUT2D eigenvalue weighted by molar-refractivity contribution is 5.70. The largest absolute Gasteiger partial charge is 0.462 e. The Balaban J connectivity index is 3.48. The highest BCUT2D eigenvalue weighted by Crippen LogP contribution is 2.16. The summed E-state index contributed by atoms with van der Waals surface area (Å²) >= 11 is 0. The molecule has 1 N–H and O–H groups in total. The van der Waals surface area contributed by atoms with Crippen LogP contribution in [-0.4, -0.2) is 36.4 Å². The molecule has 0 saturated carbocycles. The van der Waals surface area contributed by atoms with Gasteiger partial charge in [-0.05, 0) is 44.9 Å². The number of carbonyl (C=O) groups excluding carboxylic acids is 2. The Morgan fingerprint density at radius 3 is 1.25 bits per heavy atom. The number of hydrogen-bond donors (Lipinski definition) is 1. The Morgan fingerprint density at radius 2 is 0.827 bits per heavy atom. The maximum Gasteiger partial charge on any atom is 0.306 e. The zero-order valence-corrected chi connectivity index (χ0v) is 34.6. The predicted molar refractivity (Wildman–Crippen MR) is 224 cm³/mol. The molecule has 0 aromatic rings. The number of hydrogen-bond acceptors (Lipinski definition) is 5. The zero-order valence-electron chi connectivity index (χ0n) is 34.6. The van der Waals surface area contributed by atoms with Gasteiger partial charge in [0.25, 0.3) is 0 Å². The lowest BCUT2D eigenvalue weighted by atomic mass is 10.0. The van der Waals surface area contributed by atoms with E-state index < -0.39 is 6.10 Å². The fraction of sp³-hybridized carbons (Fsp3) is 0.830. The van der Waals surface area contributed by atoms with Crippen LogP contribution in [0.4, 0.5) is 0 Å². The van der Waals surface area contributed by atoms with Crippen molar-refractivity contribution in [3.05, 3.63) is 36.5 Å². The third-order valence-electron chi connectivity index (χ3n) is 9.95. The minimum atomic E-state index is -0.778. The fourth-order valence-corrected chi connectivity index (χ4v) is 6.57. The standard InChI is InChI=1S/C47H86O5/c1-3-5-7-9-11-13-15-17-19-20-21-22-23-24-25-26-28-29-31-33-35-37-39-41-46(49)51-44-45(43-48)52-47(50)42-40-38-36-34-32-30-27-18-16-14-12-10-8-6-4-2/h6,8,12,14,18,27,45,48H,3-5,7,9-11,13,15-17,19-26,28-44H2,1-2H3/b8-6+,14-12+,27-18+/t45-/m0/s1. The van der Waals surface area contributed by atoms with Crippen molar-refractivity contribution in [3.63, 3.8) is 0 Å². The molecular formula is C47H86O5. The van der Waals surface area contributed by atoms with Gasteiger partial charge in [-0.1, -0.05) is 211 Å². The average Bonchev–Trinajstić information content (AvgIpc) is 3.15. The quantitative estimate of drug-likeness (QED) is 0.0385. The fourth-order valence-electron chi connectivity index (χ4n) is 6.57. The molecule has 0 saturated heterocycles. The van der Waals surface area contributed by atoms with Crippen molar-refractivity contribution in [2.45, 2.75) is 238 Å². The predicted octanol–water partition coefficient (Wildman–Crippen LogP) is 14.4. The molecule has 0 aliphatic heterocycles. The molecular weight excluding hydrogens is 645 g/mol. The zero-order chi connectivity index (χ0) is 37.8. The summed E-state index contributed by atoms with van der Waals surface area (Å²) in [7, 11) is 0. The smallest absolute Gasteiger partial charge is 0.306 e. The molecule has 0 radical (unpaired) electrons. The van der Waals surface area contributed by atoms with Gasteiger partial charge in [0.2, 0.25) is 0 Å². The summed E-state index contributed by atoms with van der Waals surface area (Å²) in [6.45, 7) is 4.03. The first-order valence-corrected chi connectivity index (χ1v) is 22.5. The minimum Gasteiger partial charge on any atom is -0.462 e. The van der Waals surface area contributed by atoms with Crippen LogP contribution in [0.1, 0.15) is 232 Å². The van der Waals surface area contributed by atoms with E-state index in [-0.39, 0.29) is 25.2 Å². The van der Waals surface area contributed by atoms with Gasteiger partial charge in [-0.15, -0.1) is 0 Å². The number of aliphatic hydroxyl groups is 1. The van der Waals surface area contributed by atoms with Gasteiger partial charge in [0.15, 0.2) is 6.10 Å². The molecule has 0 aliphatic rings. The van der Waals surface area contributed by atoms with Gasteiger partial charge in [-0.3, -0.25) is 9.59 Å². The van der Waals surface area contributed by atoms with Crippen LogP contribution in [0.2, 0.25) is 0 Å².